The number of aryl methyl sites for hydroxylation is 1. The van der Waals surface area contributed by atoms with Gasteiger partial charge in [0.1, 0.15) is 23.3 Å². The Hall–Kier alpha value is -2.87. The standard InChI is InChI=1S/C19H20F2N6/c1-14-23-18(12-19(24-14)27-4-2-3-22-27)26-7-5-25(6-8-26)13-15-9-16(20)11-17(21)10-15/h2-4,9-12H,5-8,13H2,1H3. The van der Waals surface area contributed by atoms with Crippen LogP contribution in [-0.2, 0) is 6.54 Å². The highest BCUT2D eigenvalue weighted by Crippen LogP contribution is 2.18. The maximum Gasteiger partial charge on any atom is 0.159 e. The monoisotopic (exact) mass is 370 g/mol. The van der Waals surface area contributed by atoms with Gasteiger partial charge in [-0.1, -0.05) is 0 Å². The molecule has 0 radical (unpaired) electrons. The summed E-state index contributed by atoms with van der Waals surface area (Å²) in [6, 6.07) is 7.46. The first-order chi connectivity index (χ1) is 13.1. The van der Waals surface area contributed by atoms with E-state index in [1.165, 1.54) is 12.1 Å². The van der Waals surface area contributed by atoms with E-state index in [9.17, 15) is 8.78 Å². The zero-order valence-electron chi connectivity index (χ0n) is 15.0. The van der Waals surface area contributed by atoms with Crippen LogP contribution in [0, 0.1) is 18.6 Å². The van der Waals surface area contributed by atoms with Crippen molar-refractivity contribution in [2.45, 2.75) is 13.5 Å². The number of aromatic nitrogens is 4. The second kappa shape index (κ2) is 7.40. The number of benzene rings is 1. The first kappa shape index (κ1) is 17.5. The predicted octanol–water partition coefficient (Wildman–Crippen LogP) is 2.57. The Morgan fingerprint density at radius 2 is 1.63 bits per heavy atom. The van der Waals surface area contributed by atoms with Crippen LogP contribution in [0.15, 0.2) is 42.7 Å². The molecule has 1 aliphatic heterocycles. The number of hydrogen-bond donors (Lipinski definition) is 0. The molecule has 1 saturated heterocycles. The molecule has 4 rings (SSSR count). The molecule has 2 aromatic heterocycles. The van der Waals surface area contributed by atoms with Gasteiger partial charge in [-0.05, 0) is 30.7 Å². The molecule has 0 saturated carbocycles. The first-order valence-corrected chi connectivity index (χ1v) is 8.85. The Balaban J connectivity index is 1.43. The molecule has 8 heteroatoms. The molecule has 0 spiro atoms. The van der Waals surface area contributed by atoms with Crippen molar-refractivity contribution in [3.8, 4) is 5.82 Å². The quantitative estimate of drug-likeness (QED) is 0.707. The van der Waals surface area contributed by atoms with Gasteiger partial charge in [0, 0.05) is 57.3 Å². The van der Waals surface area contributed by atoms with E-state index in [0.717, 1.165) is 43.9 Å². The molecule has 6 nitrogen and oxygen atoms in total. The van der Waals surface area contributed by atoms with E-state index >= 15 is 0 Å². The molecular weight excluding hydrogens is 350 g/mol. The average molecular weight is 370 g/mol. The van der Waals surface area contributed by atoms with Crippen LogP contribution in [0.3, 0.4) is 0 Å². The summed E-state index contributed by atoms with van der Waals surface area (Å²) in [5.41, 5.74) is 0.653. The number of nitrogens with zero attached hydrogens (tertiary/aromatic N) is 6. The van der Waals surface area contributed by atoms with Gasteiger partial charge in [-0.3, -0.25) is 4.90 Å². The van der Waals surface area contributed by atoms with Crippen LogP contribution in [0.5, 0.6) is 0 Å². The lowest BCUT2D eigenvalue weighted by atomic mass is 10.2. The normalized spacial score (nSPS) is 15.3. The molecule has 0 N–H and O–H groups in total. The van der Waals surface area contributed by atoms with Crippen LogP contribution in [0.1, 0.15) is 11.4 Å². The Bertz CT molecular complexity index is 900. The number of halogens is 2. The number of hydrogen-bond acceptors (Lipinski definition) is 5. The number of piperazine rings is 1. The lowest BCUT2D eigenvalue weighted by Gasteiger charge is -2.35. The molecule has 27 heavy (non-hydrogen) atoms. The van der Waals surface area contributed by atoms with Crippen LogP contribution in [0.2, 0.25) is 0 Å². The van der Waals surface area contributed by atoms with Crippen LogP contribution >= 0.6 is 0 Å². The lowest BCUT2D eigenvalue weighted by Crippen LogP contribution is -2.46. The van der Waals surface area contributed by atoms with Gasteiger partial charge < -0.3 is 4.90 Å². The second-order valence-electron chi connectivity index (χ2n) is 6.62. The summed E-state index contributed by atoms with van der Waals surface area (Å²) >= 11 is 0. The summed E-state index contributed by atoms with van der Waals surface area (Å²) in [7, 11) is 0. The van der Waals surface area contributed by atoms with Gasteiger partial charge >= 0.3 is 0 Å². The van der Waals surface area contributed by atoms with E-state index in [1.807, 2.05) is 25.3 Å². The smallest absolute Gasteiger partial charge is 0.159 e. The van der Waals surface area contributed by atoms with Gasteiger partial charge in [0.2, 0.25) is 0 Å². The van der Waals surface area contributed by atoms with Crippen LogP contribution in [-0.4, -0.2) is 50.8 Å². The summed E-state index contributed by atoms with van der Waals surface area (Å²) in [5, 5.41) is 4.23. The van der Waals surface area contributed by atoms with Gasteiger partial charge in [0.25, 0.3) is 0 Å². The van der Waals surface area contributed by atoms with Crippen molar-refractivity contribution in [3.63, 3.8) is 0 Å². The maximum atomic E-state index is 13.4. The fourth-order valence-corrected chi connectivity index (χ4v) is 3.32. The van der Waals surface area contributed by atoms with Gasteiger partial charge in [-0.2, -0.15) is 5.10 Å². The topological polar surface area (TPSA) is 50.1 Å². The van der Waals surface area contributed by atoms with Gasteiger partial charge in [-0.25, -0.2) is 23.4 Å². The Morgan fingerprint density at radius 1 is 0.926 bits per heavy atom. The number of rotatable bonds is 4. The van der Waals surface area contributed by atoms with Crippen LogP contribution in [0.25, 0.3) is 5.82 Å². The van der Waals surface area contributed by atoms with E-state index in [1.54, 1.807) is 10.9 Å². The fraction of sp³-hybridized carbons (Fsp3) is 0.316. The van der Waals surface area contributed by atoms with E-state index in [0.29, 0.717) is 17.9 Å². The van der Waals surface area contributed by atoms with Crippen molar-refractivity contribution < 1.29 is 8.78 Å². The maximum absolute atomic E-state index is 13.4. The van der Waals surface area contributed by atoms with E-state index < -0.39 is 11.6 Å². The molecule has 0 amide bonds. The zero-order valence-corrected chi connectivity index (χ0v) is 15.0. The third kappa shape index (κ3) is 4.11. The summed E-state index contributed by atoms with van der Waals surface area (Å²) < 4.78 is 28.5. The molecule has 0 unspecified atom stereocenters. The molecule has 3 heterocycles. The molecule has 1 aliphatic rings. The van der Waals surface area contributed by atoms with Crippen molar-refractivity contribution in [3.05, 3.63) is 65.7 Å². The highest BCUT2D eigenvalue weighted by atomic mass is 19.1. The molecule has 0 bridgehead atoms. The molecule has 0 atom stereocenters. The second-order valence-corrected chi connectivity index (χ2v) is 6.62. The van der Waals surface area contributed by atoms with Gasteiger partial charge in [0.05, 0.1) is 0 Å². The van der Waals surface area contributed by atoms with E-state index in [2.05, 4.69) is 24.9 Å². The average Bonchev–Trinajstić information content (AvgIpc) is 3.16. The van der Waals surface area contributed by atoms with Gasteiger partial charge in [0.15, 0.2) is 5.82 Å². The summed E-state index contributed by atoms with van der Waals surface area (Å²) in [6.07, 6.45) is 3.56. The van der Waals surface area contributed by atoms with Crippen molar-refractivity contribution >= 4 is 5.82 Å². The third-order valence-corrected chi connectivity index (χ3v) is 4.57. The fourth-order valence-electron chi connectivity index (χ4n) is 3.32. The predicted molar refractivity (Wildman–Crippen MR) is 97.7 cm³/mol. The summed E-state index contributed by atoms with van der Waals surface area (Å²) in [5.74, 6) is 1.22. The zero-order chi connectivity index (χ0) is 18.8. The molecule has 0 aliphatic carbocycles. The molecule has 1 aromatic carbocycles. The summed E-state index contributed by atoms with van der Waals surface area (Å²) in [6.45, 7) is 5.55. The minimum atomic E-state index is -0.536. The highest BCUT2D eigenvalue weighted by molar-refractivity contribution is 5.44. The largest absolute Gasteiger partial charge is 0.354 e. The van der Waals surface area contributed by atoms with Crippen LogP contribution < -0.4 is 4.90 Å². The van der Waals surface area contributed by atoms with Crippen molar-refractivity contribution in [1.29, 1.82) is 0 Å². The van der Waals surface area contributed by atoms with Crippen molar-refractivity contribution in [2.24, 2.45) is 0 Å². The third-order valence-electron chi connectivity index (χ3n) is 4.57. The van der Waals surface area contributed by atoms with E-state index in [4.69, 9.17) is 0 Å². The number of anilines is 1. The lowest BCUT2D eigenvalue weighted by molar-refractivity contribution is 0.248. The Kier molecular flexibility index (Phi) is 4.81. The molecular formula is C19H20F2N6. The Morgan fingerprint density at radius 3 is 2.30 bits per heavy atom. The molecule has 1 fully saturated rings. The van der Waals surface area contributed by atoms with Gasteiger partial charge in [-0.15, -0.1) is 0 Å². The first-order valence-electron chi connectivity index (χ1n) is 8.85. The van der Waals surface area contributed by atoms with Crippen molar-refractivity contribution in [1.82, 2.24) is 24.6 Å². The minimum Gasteiger partial charge on any atom is -0.354 e. The summed E-state index contributed by atoms with van der Waals surface area (Å²) in [4.78, 5) is 13.4. The minimum absolute atomic E-state index is 0.532. The van der Waals surface area contributed by atoms with E-state index in [-0.39, 0.29) is 0 Å². The Labute approximate surface area is 156 Å². The molecule has 140 valence electrons. The highest BCUT2D eigenvalue weighted by Gasteiger charge is 2.20. The van der Waals surface area contributed by atoms with Crippen molar-refractivity contribution in [2.75, 3.05) is 31.1 Å². The molecule has 3 aromatic rings. The SMILES string of the molecule is Cc1nc(N2CCN(Cc3cc(F)cc(F)c3)CC2)cc(-n2cccn2)n1. The van der Waals surface area contributed by atoms with Crippen LogP contribution in [0.4, 0.5) is 14.6 Å².